The van der Waals surface area contributed by atoms with Crippen LogP contribution in [0.4, 0.5) is 0 Å². The van der Waals surface area contributed by atoms with Crippen LogP contribution in [0.1, 0.15) is 51.9 Å². The molecule has 0 N–H and O–H groups in total. The number of nitrogens with zero attached hydrogens (tertiary/aromatic N) is 2. The third kappa shape index (κ3) is 3.94. The molecule has 0 amide bonds. The molecule has 0 fully saturated rings. The predicted molar refractivity (Wildman–Crippen MR) is 77.8 cm³/mol. The summed E-state index contributed by atoms with van der Waals surface area (Å²) in [5, 5.41) is 4.51. The van der Waals surface area contributed by atoms with Crippen molar-refractivity contribution in [3.63, 3.8) is 0 Å². The molecule has 0 radical (unpaired) electrons. The second-order valence-corrected chi connectivity index (χ2v) is 5.82. The van der Waals surface area contributed by atoms with Crippen molar-refractivity contribution in [3.8, 4) is 0 Å². The van der Waals surface area contributed by atoms with E-state index in [0.717, 1.165) is 35.2 Å². The molecular weight excluding hydrogens is 292 g/mol. The minimum atomic E-state index is 0.307. The van der Waals surface area contributed by atoms with Gasteiger partial charge in [0.05, 0.1) is 15.9 Å². The van der Waals surface area contributed by atoms with E-state index < -0.39 is 0 Å². The van der Waals surface area contributed by atoms with Gasteiger partial charge in [0.25, 0.3) is 0 Å². The van der Waals surface area contributed by atoms with Crippen molar-refractivity contribution >= 4 is 21.7 Å². The molecule has 1 aromatic heterocycles. The molecule has 3 nitrogen and oxygen atoms in total. The molecule has 1 aromatic rings. The van der Waals surface area contributed by atoms with Crippen LogP contribution in [0.15, 0.2) is 4.47 Å². The van der Waals surface area contributed by atoms with Gasteiger partial charge in [-0.05, 0) is 41.6 Å². The Morgan fingerprint density at radius 3 is 2.56 bits per heavy atom. The Morgan fingerprint density at radius 1 is 1.39 bits per heavy atom. The van der Waals surface area contributed by atoms with Gasteiger partial charge in [-0.2, -0.15) is 5.10 Å². The van der Waals surface area contributed by atoms with Crippen molar-refractivity contribution in [2.24, 2.45) is 5.92 Å². The van der Waals surface area contributed by atoms with Crippen LogP contribution in [-0.2, 0) is 24.2 Å². The molecule has 0 saturated carbocycles. The lowest BCUT2D eigenvalue weighted by Crippen LogP contribution is -2.10. The second kappa shape index (κ2) is 7.07. The first-order chi connectivity index (χ1) is 8.49. The van der Waals surface area contributed by atoms with Crippen LogP contribution >= 0.6 is 15.9 Å². The van der Waals surface area contributed by atoms with Gasteiger partial charge in [0, 0.05) is 19.4 Å². The van der Waals surface area contributed by atoms with Gasteiger partial charge in [-0.3, -0.25) is 9.48 Å². The molecule has 4 heteroatoms. The number of Topliss-reactive ketones (excluding diaryl/α,β-unsaturated/α-hetero) is 1. The predicted octanol–water partition coefficient (Wildman–Crippen LogP) is 3.78. The summed E-state index contributed by atoms with van der Waals surface area (Å²) in [4.78, 5) is 12.0. The van der Waals surface area contributed by atoms with E-state index in [9.17, 15) is 4.79 Å². The Kier molecular flexibility index (Phi) is 6.06. The molecule has 0 aliphatic heterocycles. The average Bonchev–Trinajstić information content (AvgIpc) is 2.63. The zero-order valence-corrected chi connectivity index (χ0v) is 13.4. The number of aromatic nitrogens is 2. The minimum Gasteiger partial charge on any atom is -0.299 e. The Morgan fingerprint density at radius 2 is 2.06 bits per heavy atom. The number of halogens is 1. The van der Waals surface area contributed by atoms with Crippen molar-refractivity contribution < 1.29 is 4.79 Å². The fourth-order valence-electron chi connectivity index (χ4n) is 1.91. The van der Waals surface area contributed by atoms with Crippen molar-refractivity contribution in [2.45, 2.75) is 59.9 Å². The highest BCUT2D eigenvalue weighted by atomic mass is 79.9. The molecule has 0 spiro atoms. The van der Waals surface area contributed by atoms with Crippen molar-refractivity contribution in [1.29, 1.82) is 0 Å². The van der Waals surface area contributed by atoms with E-state index in [1.54, 1.807) is 0 Å². The van der Waals surface area contributed by atoms with Crippen LogP contribution in [0.2, 0.25) is 0 Å². The molecule has 0 unspecified atom stereocenters. The third-order valence-corrected chi connectivity index (χ3v) is 3.97. The summed E-state index contributed by atoms with van der Waals surface area (Å²) >= 11 is 3.58. The third-order valence-electron chi connectivity index (χ3n) is 3.06. The van der Waals surface area contributed by atoms with Crippen LogP contribution in [0.3, 0.4) is 0 Å². The van der Waals surface area contributed by atoms with E-state index in [-0.39, 0.29) is 0 Å². The van der Waals surface area contributed by atoms with E-state index in [2.05, 4.69) is 48.7 Å². The molecule has 102 valence electrons. The number of carbonyl (C=O) groups is 1. The molecule has 0 atom stereocenters. The zero-order chi connectivity index (χ0) is 13.7. The fraction of sp³-hybridized carbons (Fsp3) is 0.714. The van der Waals surface area contributed by atoms with Crippen LogP contribution in [0.5, 0.6) is 0 Å². The molecule has 0 aliphatic rings. The standard InChI is InChI=1S/C14H23BrN2O/c1-5-12-14(15)13(17(6-2)16-12)9-11(18)8-7-10(3)4/h10H,5-9H2,1-4H3. The van der Waals surface area contributed by atoms with E-state index in [0.29, 0.717) is 24.5 Å². The fourth-order valence-corrected chi connectivity index (χ4v) is 2.62. The van der Waals surface area contributed by atoms with E-state index in [4.69, 9.17) is 0 Å². The highest BCUT2D eigenvalue weighted by Gasteiger charge is 2.16. The van der Waals surface area contributed by atoms with Crippen LogP contribution in [0, 0.1) is 5.92 Å². The largest absolute Gasteiger partial charge is 0.299 e. The Hall–Kier alpha value is -0.640. The van der Waals surface area contributed by atoms with Gasteiger partial charge in [-0.1, -0.05) is 20.8 Å². The lowest BCUT2D eigenvalue weighted by Gasteiger charge is -2.06. The van der Waals surface area contributed by atoms with Gasteiger partial charge in [-0.15, -0.1) is 0 Å². The summed E-state index contributed by atoms with van der Waals surface area (Å²) < 4.78 is 2.96. The van der Waals surface area contributed by atoms with E-state index in [1.807, 2.05) is 4.68 Å². The van der Waals surface area contributed by atoms with Gasteiger partial charge in [-0.25, -0.2) is 0 Å². The number of ketones is 1. The Bertz CT molecular complexity index is 410. The molecule has 1 heterocycles. The first kappa shape index (κ1) is 15.4. The molecular formula is C14H23BrN2O. The summed E-state index contributed by atoms with van der Waals surface area (Å²) in [5.41, 5.74) is 2.08. The van der Waals surface area contributed by atoms with Gasteiger partial charge in [0.1, 0.15) is 5.78 Å². The Labute approximate surface area is 118 Å². The zero-order valence-electron chi connectivity index (χ0n) is 11.8. The smallest absolute Gasteiger partial charge is 0.138 e. The first-order valence-corrected chi connectivity index (χ1v) is 7.54. The van der Waals surface area contributed by atoms with E-state index in [1.165, 1.54) is 0 Å². The van der Waals surface area contributed by atoms with Gasteiger partial charge < -0.3 is 0 Å². The van der Waals surface area contributed by atoms with Gasteiger partial charge >= 0.3 is 0 Å². The van der Waals surface area contributed by atoms with Gasteiger partial charge in [0.2, 0.25) is 0 Å². The highest BCUT2D eigenvalue weighted by Crippen LogP contribution is 2.23. The van der Waals surface area contributed by atoms with Gasteiger partial charge in [0.15, 0.2) is 0 Å². The topological polar surface area (TPSA) is 34.9 Å². The Balaban J connectivity index is 2.77. The number of rotatable bonds is 7. The second-order valence-electron chi connectivity index (χ2n) is 5.02. The average molecular weight is 315 g/mol. The summed E-state index contributed by atoms with van der Waals surface area (Å²) in [6.07, 6.45) is 3.02. The maximum atomic E-state index is 12.0. The minimum absolute atomic E-state index is 0.307. The summed E-state index contributed by atoms with van der Waals surface area (Å²) in [5.74, 6) is 0.890. The maximum Gasteiger partial charge on any atom is 0.138 e. The number of aryl methyl sites for hydroxylation is 2. The normalized spacial score (nSPS) is 11.2. The van der Waals surface area contributed by atoms with Crippen LogP contribution in [-0.4, -0.2) is 15.6 Å². The summed E-state index contributed by atoms with van der Waals surface area (Å²) in [7, 11) is 0. The van der Waals surface area contributed by atoms with Crippen molar-refractivity contribution in [1.82, 2.24) is 9.78 Å². The number of hydrogen-bond acceptors (Lipinski definition) is 2. The molecule has 1 rings (SSSR count). The van der Waals surface area contributed by atoms with Crippen LogP contribution in [0.25, 0.3) is 0 Å². The molecule has 18 heavy (non-hydrogen) atoms. The molecule has 0 aliphatic carbocycles. The highest BCUT2D eigenvalue weighted by molar-refractivity contribution is 9.10. The quantitative estimate of drug-likeness (QED) is 0.767. The summed E-state index contributed by atoms with van der Waals surface area (Å²) in [6.45, 7) is 9.24. The maximum absolute atomic E-state index is 12.0. The number of hydrogen-bond donors (Lipinski definition) is 0. The molecule has 0 aromatic carbocycles. The number of carbonyl (C=O) groups excluding carboxylic acids is 1. The summed E-state index contributed by atoms with van der Waals surface area (Å²) in [6, 6.07) is 0. The lowest BCUT2D eigenvalue weighted by molar-refractivity contribution is -0.118. The van der Waals surface area contributed by atoms with Crippen LogP contribution < -0.4 is 0 Å². The van der Waals surface area contributed by atoms with Crippen molar-refractivity contribution in [3.05, 3.63) is 15.9 Å². The SMILES string of the molecule is CCc1nn(CC)c(CC(=O)CCC(C)C)c1Br. The van der Waals surface area contributed by atoms with E-state index >= 15 is 0 Å². The monoisotopic (exact) mass is 314 g/mol. The molecule has 0 saturated heterocycles. The van der Waals surface area contributed by atoms with Crippen molar-refractivity contribution in [2.75, 3.05) is 0 Å². The molecule has 0 bridgehead atoms. The lowest BCUT2D eigenvalue weighted by atomic mass is 10.0. The first-order valence-electron chi connectivity index (χ1n) is 6.75.